The molecule has 2 N–H and O–H groups in total. The van der Waals surface area contributed by atoms with Crippen molar-refractivity contribution in [2.75, 3.05) is 11.5 Å². The fourth-order valence-electron chi connectivity index (χ4n) is 9.53. The largest absolute Gasteiger partial charge is 0.481 e. The molecule has 22 heteroatoms. The van der Waals surface area contributed by atoms with Gasteiger partial charge in [-0.15, -0.1) is 0 Å². The van der Waals surface area contributed by atoms with Gasteiger partial charge in [-0.3, -0.25) is 19.2 Å². The van der Waals surface area contributed by atoms with E-state index in [1.54, 1.807) is 136 Å². The highest BCUT2D eigenvalue weighted by atomic mass is 79.9. The highest BCUT2D eigenvalue weighted by molar-refractivity contribution is 9.10. The van der Waals surface area contributed by atoms with Crippen molar-refractivity contribution in [3.63, 3.8) is 0 Å². The van der Waals surface area contributed by atoms with Crippen molar-refractivity contribution in [2.45, 2.75) is 138 Å². The van der Waals surface area contributed by atoms with E-state index in [0.29, 0.717) is 51.3 Å². The Hall–Kier alpha value is -3.30. The lowest BCUT2D eigenvalue weighted by molar-refractivity contribution is -0.183. The Bertz CT molecular complexity index is 2850. The van der Waals surface area contributed by atoms with Crippen LogP contribution in [0.25, 0.3) is 0 Å². The van der Waals surface area contributed by atoms with Gasteiger partial charge in [0.15, 0.2) is 19.7 Å². The van der Waals surface area contributed by atoms with E-state index in [1.807, 2.05) is 0 Å². The van der Waals surface area contributed by atoms with Crippen LogP contribution in [-0.4, -0.2) is 106 Å². The molecule has 76 heavy (non-hydrogen) atoms. The van der Waals surface area contributed by atoms with Crippen LogP contribution in [0.4, 0.5) is 0 Å². The molecule has 4 aliphatic rings. The third-order valence-electron chi connectivity index (χ3n) is 14.2. The first-order chi connectivity index (χ1) is 35.4. The molecule has 2 saturated carbocycles. The third kappa shape index (κ3) is 14.0. The lowest BCUT2D eigenvalue weighted by Gasteiger charge is -2.48. The van der Waals surface area contributed by atoms with Gasteiger partial charge < -0.3 is 29.5 Å². The summed E-state index contributed by atoms with van der Waals surface area (Å²) in [6.45, 7) is 9.86. The molecule has 14 nitrogen and oxygen atoms in total. The van der Waals surface area contributed by atoms with Gasteiger partial charge in [-0.2, -0.15) is 0 Å². The van der Waals surface area contributed by atoms with Crippen molar-refractivity contribution in [1.82, 2.24) is 9.80 Å². The third-order valence-corrected chi connectivity index (χ3v) is 22.5. The number of ether oxygens (including phenoxy) is 2. The minimum Gasteiger partial charge on any atom is -0.481 e. The molecule has 0 bridgehead atoms. The number of carboxylic acid groups (broad SMARTS) is 2. The Morgan fingerprint density at radius 3 is 1.13 bits per heavy atom. The number of benzene rings is 4. The number of hydrogen-bond acceptors (Lipinski definition) is 10. The van der Waals surface area contributed by atoms with Crippen molar-refractivity contribution >= 4 is 122 Å². The molecule has 2 aliphatic carbocycles. The van der Waals surface area contributed by atoms with Crippen LogP contribution in [0.2, 0.25) is 20.1 Å². The number of sulfone groups is 2. The molecule has 4 fully saturated rings. The first-order valence-corrected chi connectivity index (χ1v) is 31.0. The van der Waals surface area contributed by atoms with Crippen LogP contribution in [0, 0.1) is 11.8 Å². The SMILES string of the molecule is CC(C)(C)S(=O)(=O)C[C@H](C1CC1)N1C(=O)[C@@H](CC(=O)O)O[C@H](c2ccc(Br)c(Cl)c2)[C@H]1c1ccc(Cl)cc1.CC(C)(C)S(=O)(=O)C[C@H](C1CC1)N1C(=O)[C@H](CC(=O)O)O[C@H](c2ccc(Br)c(Cl)c2)[C@H]1c1ccc(Cl)cc1. The molecule has 412 valence electrons. The van der Waals surface area contributed by atoms with Crippen LogP contribution in [0.3, 0.4) is 0 Å². The van der Waals surface area contributed by atoms with E-state index in [0.717, 1.165) is 25.7 Å². The Balaban J connectivity index is 0.000000221. The zero-order chi connectivity index (χ0) is 56.0. The first-order valence-electron chi connectivity index (χ1n) is 24.6. The Labute approximate surface area is 481 Å². The van der Waals surface area contributed by atoms with Crippen LogP contribution in [0.5, 0.6) is 0 Å². The number of amides is 2. The van der Waals surface area contributed by atoms with Crippen molar-refractivity contribution in [3.8, 4) is 0 Å². The molecular formula is C54H60Br2Cl4N2O12S2. The second kappa shape index (κ2) is 23.8. The summed E-state index contributed by atoms with van der Waals surface area (Å²) in [5.41, 5.74) is 2.66. The maximum Gasteiger partial charge on any atom is 0.306 e. The van der Waals surface area contributed by atoms with Gasteiger partial charge in [0.1, 0.15) is 24.4 Å². The molecule has 4 aromatic carbocycles. The zero-order valence-corrected chi connectivity index (χ0v) is 50.3. The van der Waals surface area contributed by atoms with E-state index in [-0.39, 0.29) is 23.3 Å². The maximum atomic E-state index is 14.0. The minimum atomic E-state index is -3.62. The molecule has 2 aliphatic heterocycles. The van der Waals surface area contributed by atoms with Gasteiger partial charge in [0.2, 0.25) is 0 Å². The Kier molecular flexibility index (Phi) is 18.9. The lowest BCUT2D eigenvalue weighted by Crippen LogP contribution is -2.58. The number of rotatable bonds is 16. The molecule has 2 saturated heterocycles. The predicted octanol–water partition coefficient (Wildman–Crippen LogP) is 12.5. The highest BCUT2D eigenvalue weighted by Crippen LogP contribution is 2.51. The summed E-state index contributed by atoms with van der Waals surface area (Å²) in [6.07, 6.45) is -2.17. The van der Waals surface area contributed by atoms with Gasteiger partial charge in [0.25, 0.3) is 11.8 Å². The Morgan fingerprint density at radius 2 is 0.868 bits per heavy atom. The van der Waals surface area contributed by atoms with Crippen molar-refractivity contribution < 1.29 is 55.7 Å². The van der Waals surface area contributed by atoms with Gasteiger partial charge >= 0.3 is 11.9 Å². The molecule has 8 atom stereocenters. The van der Waals surface area contributed by atoms with Gasteiger partial charge in [-0.25, -0.2) is 16.8 Å². The average molecular weight is 1290 g/mol. The number of hydrogen-bond donors (Lipinski definition) is 2. The highest BCUT2D eigenvalue weighted by Gasteiger charge is 2.54. The summed E-state index contributed by atoms with van der Waals surface area (Å²) in [5.74, 6) is -3.96. The fourth-order valence-corrected chi connectivity index (χ4v) is 13.4. The summed E-state index contributed by atoms with van der Waals surface area (Å²) < 4.78 is 65.5. The van der Waals surface area contributed by atoms with E-state index < -0.39 is 114 Å². The van der Waals surface area contributed by atoms with E-state index in [9.17, 15) is 46.2 Å². The molecule has 4 aromatic rings. The van der Waals surface area contributed by atoms with Crippen molar-refractivity contribution in [3.05, 3.63) is 136 Å². The fraction of sp³-hybridized carbons (Fsp3) is 0.481. The molecule has 0 aromatic heterocycles. The zero-order valence-electron chi connectivity index (χ0n) is 42.5. The number of nitrogens with zero attached hydrogens (tertiary/aromatic N) is 2. The molecule has 0 unspecified atom stereocenters. The monoisotopic (exact) mass is 1290 g/mol. The summed E-state index contributed by atoms with van der Waals surface area (Å²) in [6, 6.07) is 21.7. The first kappa shape index (κ1) is 60.3. The molecule has 0 spiro atoms. The predicted molar refractivity (Wildman–Crippen MR) is 300 cm³/mol. The number of halogens is 6. The van der Waals surface area contributed by atoms with Crippen LogP contribution < -0.4 is 0 Å². The van der Waals surface area contributed by atoms with Crippen LogP contribution in [0.1, 0.15) is 127 Å². The quantitative estimate of drug-likeness (QED) is 0.108. The molecule has 2 amide bonds. The normalized spacial score (nSPS) is 23.4. The van der Waals surface area contributed by atoms with E-state index in [2.05, 4.69) is 31.9 Å². The second-order valence-electron chi connectivity index (χ2n) is 21.7. The van der Waals surface area contributed by atoms with Gasteiger partial charge in [0.05, 0.1) is 56.0 Å². The topological polar surface area (TPSA) is 202 Å². The summed E-state index contributed by atoms with van der Waals surface area (Å²) in [4.78, 5) is 54.7. The minimum absolute atomic E-state index is 0.0244. The molecule has 8 rings (SSSR count). The number of morpholine rings is 2. The average Bonchev–Trinajstić information content (AvgIpc) is 4.26. The number of carbonyl (C=O) groups excluding carboxylic acids is 2. The number of carboxylic acids is 2. The number of aliphatic carboxylic acids is 2. The van der Waals surface area contributed by atoms with Gasteiger partial charge in [0, 0.05) is 31.1 Å². The van der Waals surface area contributed by atoms with Gasteiger partial charge in [-0.05, 0) is 182 Å². The van der Waals surface area contributed by atoms with E-state index in [4.69, 9.17) is 55.9 Å². The maximum absolute atomic E-state index is 14.0. The second-order valence-corrected chi connectivity index (χ2v) is 30.7. The van der Waals surface area contributed by atoms with E-state index in [1.165, 1.54) is 0 Å². The van der Waals surface area contributed by atoms with Crippen LogP contribution >= 0.6 is 78.3 Å². The van der Waals surface area contributed by atoms with Crippen molar-refractivity contribution in [2.24, 2.45) is 11.8 Å². The van der Waals surface area contributed by atoms with E-state index >= 15 is 0 Å². The smallest absolute Gasteiger partial charge is 0.306 e. The summed E-state index contributed by atoms with van der Waals surface area (Å²) in [7, 11) is -7.24. The summed E-state index contributed by atoms with van der Waals surface area (Å²) >= 11 is 32.0. The number of carbonyl (C=O) groups is 4. The molecule has 2 heterocycles. The standard InChI is InChI=1S/2C27H30BrCl2NO6S/c2*1-27(2,3)38(35,36)14-21(15-4-5-15)31-24(16-6-9-18(29)10-7-16)25(17-8-11-19(28)20(30)12-17)37-22(26(31)34)13-23(32)33/h2*6-12,15,21-22,24-25H,4-5,13-14H2,1-3H3,(H,32,33)/t21-,22+,24-,25-;21-,22-,24-,25-/m11/s1. The van der Waals surface area contributed by atoms with Crippen LogP contribution in [-0.2, 0) is 48.3 Å². The van der Waals surface area contributed by atoms with Gasteiger partial charge in [-0.1, -0.05) is 82.8 Å². The Morgan fingerprint density at radius 1 is 0.566 bits per heavy atom. The lowest BCUT2D eigenvalue weighted by atomic mass is 9.89. The van der Waals surface area contributed by atoms with Crippen molar-refractivity contribution in [1.29, 1.82) is 0 Å². The molecule has 0 radical (unpaired) electrons. The summed E-state index contributed by atoms with van der Waals surface area (Å²) in [5, 5.41) is 21.0. The molecular weight excluding hydrogens is 1230 g/mol. The van der Waals surface area contributed by atoms with Crippen LogP contribution in [0.15, 0.2) is 93.9 Å².